The van der Waals surface area contributed by atoms with Crippen LogP contribution in [0.25, 0.3) is 5.69 Å². The number of carbonyl (C=O) groups excluding carboxylic acids is 1. The molecule has 9 heteroatoms. The van der Waals surface area contributed by atoms with E-state index >= 15 is 0 Å². The number of carbonyl (C=O) groups is 1. The average molecular weight is 483 g/mol. The van der Waals surface area contributed by atoms with E-state index in [2.05, 4.69) is 9.88 Å². The van der Waals surface area contributed by atoms with Gasteiger partial charge in [-0.05, 0) is 62.2 Å². The molecule has 8 nitrogen and oxygen atoms in total. The molecule has 1 aromatic heterocycles. The van der Waals surface area contributed by atoms with E-state index in [1.165, 1.54) is 0 Å². The van der Waals surface area contributed by atoms with Crippen molar-refractivity contribution in [2.45, 2.75) is 25.0 Å². The summed E-state index contributed by atoms with van der Waals surface area (Å²) in [5, 5.41) is 5.08. The Hall–Kier alpha value is -3.01. The normalized spacial score (nSPS) is 15.3. The highest BCUT2D eigenvalue weighted by Gasteiger charge is 2.25. The second-order valence-electron chi connectivity index (χ2n) is 8.65. The Bertz CT molecular complexity index is 1170. The highest BCUT2D eigenvalue weighted by atomic mass is 32.2. The lowest BCUT2D eigenvalue weighted by atomic mass is 9.88. The first-order valence-electron chi connectivity index (χ1n) is 11.4. The number of ether oxygens (including phenoxy) is 1. The van der Waals surface area contributed by atoms with Gasteiger partial charge >= 0.3 is 0 Å². The van der Waals surface area contributed by atoms with E-state index in [0.29, 0.717) is 17.7 Å². The lowest BCUT2D eigenvalue weighted by Crippen LogP contribution is -2.37. The van der Waals surface area contributed by atoms with Crippen LogP contribution < -0.4 is 9.88 Å². The van der Waals surface area contributed by atoms with Crippen molar-refractivity contribution in [1.29, 1.82) is 0 Å². The number of Topliss-reactive ketones (excluding diaryl/α,β-unsaturated/α-hetero) is 1. The maximum Gasteiger partial charge on any atom is 0.213 e. The molecule has 0 radical (unpaired) electrons. The van der Waals surface area contributed by atoms with Crippen molar-refractivity contribution in [2.24, 2.45) is 11.1 Å². The van der Waals surface area contributed by atoms with E-state index in [-0.39, 0.29) is 17.5 Å². The molecule has 0 spiro atoms. The molecule has 3 aromatic rings. The molecule has 0 atom stereocenters. The summed E-state index contributed by atoms with van der Waals surface area (Å²) in [7, 11) is -3.58. The van der Waals surface area contributed by atoms with Crippen LogP contribution in [-0.2, 0) is 15.8 Å². The average Bonchev–Trinajstić information content (AvgIpc) is 3.37. The fourth-order valence-electron chi connectivity index (χ4n) is 4.26. The fourth-order valence-corrected chi connectivity index (χ4v) is 4.91. The molecule has 1 aliphatic heterocycles. The quantitative estimate of drug-likeness (QED) is 0.352. The van der Waals surface area contributed by atoms with Crippen LogP contribution in [0.5, 0.6) is 5.75 Å². The smallest absolute Gasteiger partial charge is 0.213 e. The van der Waals surface area contributed by atoms with Crippen molar-refractivity contribution >= 4 is 15.8 Å². The Morgan fingerprint density at radius 1 is 1.06 bits per heavy atom. The highest BCUT2D eigenvalue weighted by Crippen LogP contribution is 2.23. The maximum absolute atomic E-state index is 12.8. The minimum absolute atomic E-state index is 0.00519. The zero-order chi connectivity index (χ0) is 24.0. The molecule has 0 saturated carbocycles. The van der Waals surface area contributed by atoms with Gasteiger partial charge in [0, 0.05) is 36.1 Å². The Morgan fingerprint density at radius 2 is 1.76 bits per heavy atom. The second-order valence-corrected chi connectivity index (χ2v) is 10.3. The molecular weight excluding hydrogens is 452 g/mol. The summed E-state index contributed by atoms with van der Waals surface area (Å²) in [5.74, 6) is 0.763. The molecular formula is C25H30N4O4S. The summed E-state index contributed by atoms with van der Waals surface area (Å²) in [6.45, 7) is 3.36. The van der Waals surface area contributed by atoms with Gasteiger partial charge in [0.05, 0.1) is 18.7 Å². The number of hydrogen-bond acceptors (Lipinski definition) is 6. The van der Waals surface area contributed by atoms with Gasteiger partial charge in [-0.2, -0.15) is 0 Å². The Labute approximate surface area is 200 Å². The van der Waals surface area contributed by atoms with Crippen LogP contribution >= 0.6 is 0 Å². The van der Waals surface area contributed by atoms with Gasteiger partial charge in [0.25, 0.3) is 0 Å². The van der Waals surface area contributed by atoms with Crippen molar-refractivity contribution in [2.75, 3.05) is 26.2 Å². The van der Waals surface area contributed by atoms with Gasteiger partial charge in [-0.3, -0.25) is 4.79 Å². The van der Waals surface area contributed by atoms with E-state index in [1.54, 1.807) is 36.8 Å². The SMILES string of the molecule is NS(=O)(=O)Cc1ccc(C(=O)C2CCN(CCCOc3ccc(-n4ccnc4)cc3)CC2)cc1. The lowest BCUT2D eigenvalue weighted by Gasteiger charge is -2.31. The zero-order valence-electron chi connectivity index (χ0n) is 19.0. The van der Waals surface area contributed by atoms with E-state index in [9.17, 15) is 13.2 Å². The third-order valence-corrected chi connectivity index (χ3v) is 6.83. The highest BCUT2D eigenvalue weighted by molar-refractivity contribution is 7.88. The number of nitrogens with two attached hydrogens (primary N) is 1. The van der Waals surface area contributed by atoms with Crippen LogP contribution in [0.2, 0.25) is 0 Å². The molecule has 180 valence electrons. The number of likely N-dealkylation sites (tertiary alicyclic amines) is 1. The summed E-state index contributed by atoms with van der Waals surface area (Å²) in [4.78, 5) is 19.3. The minimum atomic E-state index is -3.58. The van der Waals surface area contributed by atoms with Crippen LogP contribution in [0, 0.1) is 5.92 Å². The number of imidazole rings is 1. The van der Waals surface area contributed by atoms with Crippen molar-refractivity contribution < 1.29 is 17.9 Å². The number of rotatable bonds is 10. The van der Waals surface area contributed by atoms with Gasteiger partial charge in [0.15, 0.2) is 5.78 Å². The third-order valence-electron chi connectivity index (χ3n) is 6.09. The topological polar surface area (TPSA) is 108 Å². The minimum Gasteiger partial charge on any atom is -0.494 e. The molecule has 2 aromatic carbocycles. The number of primary sulfonamides is 1. The van der Waals surface area contributed by atoms with Gasteiger partial charge < -0.3 is 14.2 Å². The monoisotopic (exact) mass is 482 g/mol. The maximum atomic E-state index is 12.8. The molecule has 1 saturated heterocycles. The van der Waals surface area contributed by atoms with Crippen LogP contribution in [0.15, 0.2) is 67.3 Å². The summed E-state index contributed by atoms with van der Waals surface area (Å²) >= 11 is 0. The van der Waals surface area contributed by atoms with Crippen LogP contribution in [-0.4, -0.2) is 54.9 Å². The Balaban J connectivity index is 1.16. The predicted molar refractivity (Wildman–Crippen MR) is 130 cm³/mol. The molecule has 1 fully saturated rings. The van der Waals surface area contributed by atoms with Crippen LogP contribution in [0.4, 0.5) is 0 Å². The molecule has 0 amide bonds. The van der Waals surface area contributed by atoms with Gasteiger partial charge in [0.2, 0.25) is 10.0 Å². The second kappa shape index (κ2) is 10.9. The molecule has 0 aliphatic carbocycles. The third kappa shape index (κ3) is 6.75. The number of hydrogen-bond donors (Lipinski definition) is 1. The first-order chi connectivity index (χ1) is 16.4. The molecule has 1 aliphatic rings. The number of ketones is 1. The summed E-state index contributed by atoms with van der Waals surface area (Å²) in [6.07, 6.45) is 8.00. The number of nitrogens with zero attached hydrogens (tertiary/aromatic N) is 3. The molecule has 0 unspecified atom stereocenters. The summed E-state index contributed by atoms with van der Waals surface area (Å²) in [5.41, 5.74) is 2.26. The van der Waals surface area contributed by atoms with Gasteiger partial charge in [-0.25, -0.2) is 18.5 Å². The van der Waals surface area contributed by atoms with E-state index in [4.69, 9.17) is 9.88 Å². The van der Waals surface area contributed by atoms with Crippen LogP contribution in [0.3, 0.4) is 0 Å². The predicted octanol–water partition coefficient (Wildman–Crippen LogP) is 3.02. The molecule has 4 rings (SSSR count). The fraction of sp³-hybridized carbons (Fsp3) is 0.360. The van der Waals surface area contributed by atoms with E-state index < -0.39 is 10.0 Å². The summed E-state index contributed by atoms with van der Waals surface area (Å²) < 4.78 is 30.2. The number of sulfonamides is 1. The Kier molecular flexibility index (Phi) is 7.77. The van der Waals surface area contributed by atoms with Gasteiger partial charge in [-0.1, -0.05) is 24.3 Å². The molecule has 34 heavy (non-hydrogen) atoms. The van der Waals surface area contributed by atoms with Gasteiger partial charge in [-0.15, -0.1) is 0 Å². The lowest BCUT2D eigenvalue weighted by molar-refractivity contribution is 0.0835. The van der Waals surface area contributed by atoms with E-state index in [1.807, 2.05) is 35.0 Å². The molecule has 0 bridgehead atoms. The van der Waals surface area contributed by atoms with Gasteiger partial charge in [0.1, 0.15) is 5.75 Å². The number of aromatic nitrogens is 2. The Morgan fingerprint density at radius 3 is 2.38 bits per heavy atom. The zero-order valence-corrected chi connectivity index (χ0v) is 19.9. The van der Waals surface area contributed by atoms with E-state index in [0.717, 1.165) is 50.3 Å². The number of piperidine rings is 1. The van der Waals surface area contributed by atoms with Crippen molar-refractivity contribution in [3.63, 3.8) is 0 Å². The number of benzene rings is 2. The largest absolute Gasteiger partial charge is 0.494 e. The summed E-state index contributed by atoms with van der Waals surface area (Å²) in [6, 6.07) is 14.7. The molecule has 2 heterocycles. The van der Waals surface area contributed by atoms with Crippen molar-refractivity contribution in [3.05, 3.63) is 78.4 Å². The van der Waals surface area contributed by atoms with Crippen molar-refractivity contribution in [3.8, 4) is 11.4 Å². The first-order valence-corrected chi connectivity index (χ1v) is 13.2. The standard InChI is InChI=1S/C25H30N4O4S/c26-34(31,32)18-20-2-4-21(5-3-20)25(30)22-10-14-28(15-11-22)13-1-17-33-24-8-6-23(7-9-24)29-16-12-27-19-29/h2-9,12,16,19,22H,1,10-11,13-15,17-18H2,(H2,26,31,32). The van der Waals surface area contributed by atoms with Crippen molar-refractivity contribution in [1.82, 2.24) is 14.5 Å². The van der Waals surface area contributed by atoms with Crippen LogP contribution in [0.1, 0.15) is 35.2 Å². The molecule has 2 N–H and O–H groups in total. The first kappa shape index (κ1) is 24.1.